The third-order valence-corrected chi connectivity index (χ3v) is 6.78. The average Bonchev–Trinajstić information content (AvgIpc) is 3.43. The first-order valence-corrected chi connectivity index (χ1v) is 12.0. The molecule has 2 fully saturated rings. The molecule has 0 saturated carbocycles. The van der Waals surface area contributed by atoms with Crippen LogP contribution in [0, 0.1) is 11.8 Å². The number of thiophene rings is 1. The molecule has 0 bridgehead atoms. The van der Waals surface area contributed by atoms with Crippen molar-refractivity contribution in [2.45, 2.75) is 33.1 Å². The Labute approximate surface area is 187 Å². The van der Waals surface area contributed by atoms with Gasteiger partial charge in [-0.2, -0.15) is 11.3 Å². The summed E-state index contributed by atoms with van der Waals surface area (Å²) in [4.78, 5) is 31.4. The number of nitrogens with zero attached hydrogens (tertiary/aromatic N) is 5. The third-order valence-electron chi connectivity index (χ3n) is 6.09. The minimum absolute atomic E-state index is 0.0972. The van der Waals surface area contributed by atoms with E-state index in [4.69, 9.17) is 4.42 Å². The molecule has 9 heteroatoms. The molecule has 4 rings (SSSR count). The number of piperazine rings is 1. The van der Waals surface area contributed by atoms with E-state index in [0.29, 0.717) is 56.1 Å². The van der Waals surface area contributed by atoms with E-state index in [2.05, 4.69) is 28.9 Å². The van der Waals surface area contributed by atoms with Gasteiger partial charge in [-0.15, -0.1) is 10.2 Å². The highest BCUT2D eigenvalue weighted by Gasteiger charge is 2.28. The van der Waals surface area contributed by atoms with Gasteiger partial charge in [0.1, 0.15) is 0 Å². The molecule has 2 aliphatic rings. The zero-order valence-electron chi connectivity index (χ0n) is 18.3. The molecule has 31 heavy (non-hydrogen) atoms. The van der Waals surface area contributed by atoms with Crippen LogP contribution in [0.15, 0.2) is 21.2 Å². The minimum atomic E-state index is 0.0972. The van der Waals surface area contributed by atoms with Crippen molar-refractivity contribution >= 4 is 23.2 Å². The number of amides is 2. The maximum Gasteiger partial charge on any atom is 0.248 e. The Morgan fingerprint density at radius 3 is 2.48 bits per heavy atom. The summed E-state index contributed by atoms with van der Waals surface area (Å²) in [5.41, 5.74) is 0.911. The largest absolute Gasteiger partial charge is 0.421 e. The number of aryl methyl sites for hydroxylation is 1. The van der Waals surface area contributed by atoms with Crippen LogP contribution in [0.3, 0.4) is 0 Å². The second kappa shape index (κ2) is 9.91. The van der Waals surface area contributed by atoms with Gasteiger partial charge in [0.05, 0.1) is 6.54 Å². The zero-order valence-corrected chi connectivity index (χ0v) is 19.1. The van der Waals surface area contributed by atoms with Crippen molar-refractivity contribution in [2.24, 2.45) is 11.8 Å². The van der Waals surface area contributed by atoms with Gasteiger partial charge < -0.3 is 14.2 Å². The third kappa shape index (κ3) is 5.71. The fourth-order valence-corrected chi connectivity index (χ4v) is 5.17. The lowest BCUT2D eigenvalue weighted by molar-refractivity contribution is -0.136. The zero-order chi connectivity index (χ0) is 21.8. The van der Waals surface area contributed by atoms with Crippen LogP contribution in [0.1, 0.15) is 32.6 Å². The molecule has 2 aromatic rings. The van der Waals surface area contributed by atoms with Crippen LogP contribution in [0.5, 0.6) is 0 Å². The Bertz CT molecular complexity index is 866. The van der Waals surface area contributed by atoms with Crippen molar-refractivity contribution in [1.29, 1.82) is 0 Å². The van der Waals surface area contributed by atoms with Crippen LogP contribution in [-0.4, -0.2) is 82.5 Å². The van der Waals surface area contributed by atoms with Crippen LogP contribution in [0.25, 0.3) is 11.5 Å². The lowest BCUT2D eigenvalue weighted by Crippen LogP contribution is -2.53. The summed E-state index contributed by atoms with van der Waals surface area (Å²) in [7, 11) is 0. The smallest absolute Gasteiger partial charge is 0.248 e. The standard InChI is InChI=1S/C22H31N5O3S/c1-16-11-17(2)13-27(12-16)21(29)14-25-6-8-26(9-7-25)20(28)4-3-19-23-24-22(30-19)18-5-10-31-15-18/h5,10,15-17H,3-4,6-9,11-14H2,1-2H3. The summed E-state index contributed by atoms with van der Waals surface area (Å²) in [5.74, 6) is 2.45. The highest BCUT2D eigenvalue weighted by atomic mass is 32.1. The molecule has 2 saturated heterocycles. The number of hydrogen-bond donors (Lipinski definition) is 0. The second-order valence-electron chi connectivity index (χ2n) is 8.91. The predicted octanol–water partition coefficient (Wildman–Crippen LogP) is 2.38. The Morgan fingerprint density at radius 1 is 1.06 bits per heavy atom. The topological polar surface area (TPSA) is 82.8 Å². The van der Waals surface area contributed by atoms with E-state index in [0.717, 1.165) is 31.7 Å². The highest BCUT2D eigenvalue weighted by molar-refractivity contribution is 7.08. The number of likely N-dealkylation sites (tertiary alicyclic amines) is 1. The normalized spacial score (nSPS) is 22.6. The quantitative estimate of drug-likeness (QED) is 0.679. The maximum absolute atomic E-state index is 12.7. The van der Waals surface area contributed by atoms with E-state index in [-0.39, 0.29) is 11.8 Å². The lowest BCUT2D eigenvalue weighted by Gasteiger charge is -2.38. The number of piperidine rings is 1. The average molecular weight is 446 g/mol. The van der Waals surface area contributed by atoms with Gasteiger partial charge in [0.2, 0.25) is 23.6 Å². The van der Waals surface area contributed by atoms with Gasteiger partial charge in [0.15, 0.2) is 0 Å². The summed E-state index contributed by atoms with van der Waals surface area (Å²) < 4.78 is 5.66. The SMILES string of the molecule is CC1CC(C)CN(C(=O)CN2CCN(C(=O)CCc3nnc(-c4ccsc4)o3)CC2)C1. The molecule has 0 spiro atoms. The van der Waals surface area contributed by atoms with Gasteiger partial charge in [0.25, 0.3) is 0 Å². The van der Waals surface area contributed by atoms with Gasteiger partial charge in [-0.25, -0.2) is 0 Å². The molecule has 8 nitrogen and oxygen atoms in total. The van der Waals surface area contributed by atoms with Crippen molar-refractivity contribution < 1.29 is 14.0 Å². The van der Waals surface area contributed by atoms with Crippen molar-refractivity contribution in [3.8, 4) is 11.5 Å². The molecular formula is C22H31N5O3S. The highest BCUT2D eigenvalue weighted by Crippen LogP contribution is 2.22. The van der Waals surface area contributed by atoms with Crippen molar-refractivity contribution in [3.63, 3.8) is 0 Å². The molecular weight excluding hydrogens is 414 g/mol. The van der Waals surface area contributed by atoms with E-state index in [1.54, 1.807) is 11.3 Å². The summed E-state index contributed by atoms with van der Waals surface area (Å²) >= 11 is 1.58. The molecule has 2 atom stereocenters. The number of rotatable bonds is 6. The molecule has 2 unspecified atom stereocenters. The Morgan fingerprint density at radius 2 is 1.81 bits per heavy atom. The fourth-order valence-electron chi connectivity index (χ4n) is 4.54. The maximum atomic E-state index is 12.7. The molecule has 0 aliphatic carbocycles. The lowest BCUT2D eigenvalue weighted by atomic mass is 9.92. The summed E-state index contributed by atoms with van der Waals surface area (Å²) in [5, 5.41) is 12.0. The molecule has 0 radical (unpaired) electrons. The van der Waals surface area contributed by atoms with Gasteiger partial charge in [0, 0.05) is 63.1 Å². The van der Waals surface area contributed by atoms with Crippen LogP contribution in [-0.2, 0) is 16.0 Å². The van der Waals surface area contributed by atoms with Gasteiger partial charge in [-0.1, -0.05) is 13.8 Å². The van der Waals surface area contributed by atoms with Crippen molar-refractivity contribution in [1.82, 2.24) is 24.9 Å². The first-order valence-electron chi connectivity index (χ1n) is 11.1. The Balaban J connectivity index is 1.19. The van der Waals surface area contributed by atoms with Gasteiger partial charge >= 0.3 is 0 Å². The van der Waals surface area contributed by atoms with Crippen LogP contribution in [0.4, 0.5) is 0 Å². The molecule has 2 aromatic heterocycles. The molecule has 0 N–H and O–H groups in total. The van der Waals surface area contributed by atoms with Gasteiger partial charge in [-0.3, -0.25) is 14.5 Å². The first-order chi connectivity index (χ1) is 15.0. The van der Waals surface area contributed by atoms with E-state index in [1.165, 1.54) is 6.42 Å². The van der Waals surface area contributed by atoms with Crippen molar-refractivity contribution in [2.75, 3.05) is 45.8 Å². The number of aromatic nitrogens is 2. The monoisotopic (exact) mass is 445 g/mol. The summed E-state index contributed by atoms with van der Waals surface area (Å²) in [6.07, 6.45) is 2.00. The second-order valence-corrected chi connectivity index (χ2v) is 9.69. The van der Waals surface area contributed by atoms with E-state index < -0.39 is 0 Å². The van der Waals surface area contributed by atoms with Crippen LogP contribution < -0.4 is 0 Å². The molecule has 2 amide bonds. The van der Waals surface area contributed by atoms with Gasteiger partial charge in [-0.05, 0) is 29.7 Å². The summed E-state index contributed by atoms with van der Waals surface area (Å²) in [6.45, 7) is 9.41. The predicted molar refractivity (Wildman–Crippen MR) is 118 cm³/mol. The van der Waals surface area contributed by atoms with Crippen molar-refractivity contribution in [3.05, 3.63) is 22.7 Å². The first kappa shape index (κ1) is 22.0. The van der Waals surface area contributed by atoms with Crippen LogP contribution >= 0.6 is 11.3 Å². The number of carbonyl (C=O) groups excluding carboxylic acids is 2. The Hall–Kier alpha value is -2.26. The number of hydrogen-bond acceptors (Lipinski definition) is 7. The molecule has 168 valence electrons. The van der Waals surface area contributed by atoms with E-state index in [1.807, 2.05) is 26.6 Å². The number of carbonyl (C=O) groups is 2. The minimum Gasteiger partial charge on any atom is -0.421 e. The fraction of sp³-hybridized carbons (Fsp3) is 0.636. The Kier molecular flexibility index (Phi) is 7.02. The van der Waals surface area contributed by atoms with Crippen LogP contribution in [0.2, 0.25) is 0 Å². The summed E-state index contributed by atoms with van der Waals surface area (Å²) in [6, 6.07) is 1.93. The molecule has 0 aromatic carbocycles. The molecule has 2 aliphatic heterocycles. The van der Waals surface area contributed by atoms with E-state index in [9.17, 15) is 9.59 Å². The van der Waals surface area contributed by atoms with E-state index >= 15 is 0 Å². The molecule has 4 heterocycles.